The summed E-state index contributed by atoms with van der Waals surface area (Å²) in [5, 5.41) is 5.46. The van der Waals surface area contributed by atoms with E-state index in [1.54, 1.807) is 35.1 Å². The molecule has 0 bridgehead atoms. The lowest BCUT2D eigenvalue weighted by atomic mass is 10.1. The third-order valence-electron chi connectivity index (χ3n) is 4.46. The predicted molar refractivity (Wildman–Crippen MR) is 121 cm³/mol. The van der Waals surface area contributed by atoms with Crippen molar-refractivity contribution in [3.8, 4) is 5.69 Å². The molecule has 0 aliphatic carbocycles. The third kappa shape index (κ3) is 4.75. The SMILES string of the molecule is CC(Sc1ncnc2c1cnn2-c1ccccc1)C(=O)c1ccc(NS(C)(=O)=O)cc1. The van der Waals surface area contributed by atoms with Gasteiger partial charge in [-0.2, -0.15) is 5.10 Å². The number of hydrogen-bond donors (Lipinski definition) is 1. The number of para-hydroxylation sites is 1. The summed E-state index contributed by atoms with van der Waals surface area (Å²) in [5.74, 6) is -0.0851. The van der Waals surface area contributed by atoms with E-state index in [0.717, 1.165) is 17.3 Å². The average molecular weight is 454 g/mol. The Morgan fingerprint density at radius 3 is 2.45 bits per heavy atom. The molecule has 0 radical (unpaired) electrons. The molecule has 0 aliphatic rings. The molecule has 158 valence electrons. The van der Waals surface area contributed by atoms with Gasteiger partial charge in [-0.05, 0) is 43.3 Å². The molecule has 1 N–H and O–H groups in total. The number of aromatic nitrogens is 4. The second-order valence-electron chi connectivity index (χ2n) is 6.88. The molecule has 0 saturated heterocycles. The zero-order valence-corrected chi connectivity index (χ0v) is 18.4. The Kier molecular flexibility index (Phi) is 5.75. The molecule has 1 atom stereocenters. The van der Waals surface area contributed by atoms with E-state index in [0.29, 0.717) is 21.9 Å². The fourth-order valence-corrected chi connectivity index (χ4v) is 4.57. The molecular weight excluding hydrogens is 434 g/mol. The Morgan fingerprint density at radius 2 is 1.77 bits per heavy atom. The summed E-state index contributed by atoms with van der Waals surface area (Å²) < 4.78 is 26.8. The van der Waals surface area contributed by atoms with Gasteiger partial charge in [0.1, 0.15) is 11.4 Å². The van der Waals surface area contributed by atoms with Crippen LogP contribution >= 0.6 is 11.8 Å². The van der Waals surface area contributed by atoms with Gasteiger partial charge in [0.15, 0.2) is 11.4 Å². The molecule has 2 heterocycles. The van der Waals surface area contributed by atoms with Crippen molar-refractivity contribution < 1.29 is 13.2 Å². The van der Waals surface area contributed by atoms with Gasteiger partial charge in [-0.15, -0.1) is 0 Å². The van der Waals surface area contributed by atoms with Gasteiger partial charge in [0.2, 0.25) is 10.0 Å². The first kappa shape index (κ1) is 21.0. The monoisotopic (exact) mass is 453 g/mol. The Bertz CT molecular complexity index is 1340. The Hall–Kier alpha value is -3.24. The average Bonchev–Trinajstić information content (AvgIpc) is 3.18. The second-order valence-corrected chi connectivity index (χ2v) is 9.96. The fraction of sp³-hybridized carbons (Fsp3) is 0.143. The first-order valence-electron chi connectivity index (χ1n) is 9.35. The van der Waals surface area contributed by atoms with Crippen LogP contribution in [-0.2, 0) is 10.0 Å². The number of anilines is 1. The van der Waals surface area contributed by atoms with Crippen LogP contribution in [0.5, 0.6) is 0 Å². The maximum atomic E-state index is 12.9. The molecule has 2 aromatic heterocycles. The van der Waals surface area contributed by atoms with E-state index in [-0.39, 0.29) is 5.78 Å². The number of sulfonamides is 1. The van der Waals surface area contributed by atoms with E-state index >= 15 is 0 Å². The lowest BCUT2D eigenvalue weighted by Gasteiger charge is -2.11. The maximum Gasteiger partial charge on any atom is 0.229 e. The minimum atomic E-state index is -3.37. The molecule has 0 amide bonds. The Morgan fingerprint density at radius 1 is 1.06 bits per heavy atom. The number of nitrogens with zero attached hydrogens (tertiary/aromatic N) is 4. The zero-order valence-electron chi connectivity index (χ0n) is 16.8. The first-order valence-corrected chi connectivity index (χ1v) is 12.1. The third-order valence-corrected chi connectivity index (χ3v) is 6.18. The van der Waals surface area contributed by atoms with Crippen molar-refractivity contribution in [2.75, 3.05) is 11.0 Å². The van der Waals surface area contributed by atoms with Crippen molar-refractivity contribution in [1.29, 1.82) is 0 Å². The minimum Gasteiger partial charge on any atom is -0.293 e. The van der Waals surface area contributed by atoms with Crippen molar-refractivity contribution in [3.63, 3.8) is 0 Å². The van der Waals surface area contributed by atoms with Crippen LogP contribution < -0.4 is 4.72 Å². The molecule has 31 heavy (non-hydrogen) atoms. The highest BCUT2D eigenvalue weighted by atomic mass is 32.2. The summed E-state index contributed by atoms with van der Waals surface area (Å²) in [6.07, 6.45) is 4.25. The van der Waals surface area contributed by atoms with Gasteiger partial charge in [0.05, 0.1) is 28.8 Å². The second kappa shape index (κ2) is 8.48. The van der Waals surface area contributed by atoms with Crippen molar-refractivity contribution in [2.24, 2.45) is 0 Å². The molecule has 4 aromatic rings. The summed E-state index contributed by atoms with van der Waals surface area (Å²) in [6.45, 7) is 1.81. The molecule has 4 rings (SSSR count). The molecule has 1 unspecified atom stereocenters. The van der Waals surface area contributed by atoms with Crippen molar-refractivity contribution in [1.82, 2.24) is 19.7 Å². The maximum absolute atomic E-state index is 12.9. The molecule has 0 spiro atoms. The lowest BCUT2D eigenvalue weighted by Crippen LogP contribution is -2.14. The standard InChI is InChI=1S/C21H19N5O3S2/c1-14(19(27)15-8-10-16(11-9-15)25-31(2,28)29)30-21-18-12-24-26(20(18)22-13-23-21)17-6-4-3-5-7-17/h3-14,25H,1-2H3. The van der Waals surface area contributed by atoms with E-state index in [1.165, 1.54) is 18.1 Å². The number of benzene rings is 2. The largest absolute Gasteiger partial charge is 0.293 e. The van der Waals surface area contributed by atoms with Crippen LogP contribution in [0.2, 0.25) is 0 Å². The Labute approximate surface area is 183 Å². The van der Waals surface area contributed by atoms with Crippen LogP contribution in [0.3, 0.4) is 0 Å². The summed E-state index contributed by atoms with van der Waals surface area (Å²) in [6, 6.07) is 16.0. The van der Waals surface area contributed by atoms with Crippen LogP contribution in [0.4, 0.5) is 5.69 Å². The number of Topliss-reactive ketones (excluding diaryl/α,β-unsaturated/α-hetero) is 1. The van der Waals surface area contributed by atoms with Gasteiger partial charge >= 0.3 is 0 Å². The quantitative estimate of drug-likeness (QED) is 0.259. The number of thioether (sulfide) groups is 1. The number of nitrogens with one attached hydrogen (secondary N) is 1. The molecular formula is C21H19N5O3S2. The number of carbonyl (C=O) groups excluding carboxylic acids is 1. The van der Waals surface area contributed by atoms with E-state index < -0.39 is 15.3 Å². The molecule has 8 nitrogen and oxygen atoms in total. The number of ketones is 1. The lowest BCUT2D eigenvalue weighted by molar-refractivity contribution is 0.0994. The number of hydrogen-bond acceptors (Lipinski definition) is 7. The molecule has 10 heteroatoms. The summed E-state index contributed by atoms with van der Waals surface area (Å²) in [5.41, 5.74) is 2.45. The first-order chi connectivity index (χ1) is 14.8. The van der Waals surface area contributed by atoms with Crippen LogP contribution in [0.1, 0.15) is 17.3 Å². The summed E-state index contributed by atoms with van der Waals surface area (Å²) in [7, 11) is -3.37. The van der Waals surface area contributed by atoms with E-state index in [4.69, 9.17) is 0 Å². The number of carbonyl (C=O) groups is 1. The zero-order chi connectivity index (χ0) is 22.0. The van der Waals surface area contributed by atoms with E-state index in [2.05, 4.69) is 19.8 Å². The van der Waals surface area contributed by atoms with Crippen molar-refractivity contribution >= 4 is 44.3 Å². The normalized spacial score (nSPS) is 12.6. The van der Waals surface area contributed by atoms with Crippen LogP contribution in [0.15, 0.2) is 72.1 Å². The molecule has 2 aromatic carbocycles. The highest BCUT2D eigenvalue weighted by molar-refractivity contribution is 8.00. The van der Waals surface area contributed by atoms with Crippen LogP contribution in [-0.4, -0.2) is 45.5 Å². The smallest absolute Gasteiger partial charge is 0.229 e. The van der Waals surface area contributed by atoms with Crippen molar-refractivity contribution in [2.45, 2.75) is 17.2 Å². The highest BCUT2D eigenvalue weighted by Gasteiger charge is 2.20. The fourth-order valence-electron chi connectivity index (χ4n) is 3.05. The summed E-state index contributed by atoms with van der Waals surface area (Å²) in [4.78, 5) is 21.6. The predicted octanol–water partition coefficient (Wildman–Crippen LogP) is 3.55. The van der Waals surface area contributed by atoms with Crippen LogP contribution in [0.25, 0.3) is 16.7 Å². The van der Waals surface area contributed by atoms with Crippen LogP contribution in [0, 0.1) is 0 Å². The summed E-state index contributed by atoms with van der Waals surface area (Å²) >= 11 is 1.33. The van der Waals surface area contributed by atoms with Gasteiger partial charge in [0, 0.05) is 11.3 Å². The number of rotatable bonds is 7. The molecule has 0 fully saturated rings. The Balaban J connectivity index is 1.55. The van der Waals surface area contributed by atoms with Gasteiger partial charge in [-0.25, -0.2) is 23.1 Å². The van der Waals surface area contributed by atoms with Gasteiger partial charge in [-0.3, -0.25) is 9.52 Å². The van der Waals surface area contributed by atoms with E-state index in [1.807, 2.05) is 37.3 Å². The van der Waals surface area contributed by atoms with Crippen molar-refractivity contribution in [3.05, 3.63) is 72.7 Å². The van der Waals surface area contributed by atoms with Gasteiger partial charge in [-0.1, -0.05) is 30.0 Å². The van der Waals surface area contributed by atoms with Gasteiger partial charge in [0.25, 0.3) is 0 Å². The molecule has 0 saturated carbocycles. The topological polar surface area (TPSA) is 107 Å². The van der Waals surface area contributed by atoms with E-state index in [9.17, 15) is 13.2 Å². The molecule has 0 aliphatic heterocycles. The highest BCUT2D eigenvalue weighted by Crippen LogP contribution is 2.30. The minimum absolute atomic E-state index is 0.0851. The number of fused-ring (bicyclic) bond motifs is 1. The van der Waals surface area contributed by atoms with Gasteiger partial charge < -0.3 is 0 Å².